The van der Waals surface area contributed by atoms with Crippen molar-refractivity contribution in [3.8, 4) is 5.75 Å². The van der Waals surface area contributed by atoms with Gasteiger partial charge in [-0.2, -0.15) is 26.3 Å². The van der Waals surface area contributed by atoms with Crippen LogP contribution in [0.2, 0.25) is 0 Å². The van der Waals surface area contributed by atoms with Crippen LogP contribution in [0.25, 0.3) is 10.9 Å². The molecule has 0 amide bonds. The van der Waals surface area contributed by atoms with E-state index in [-0.39, 0.29) is 39.4 Å². The molecule has 0 atom stereocenters. The number of aliphatic hydroxyl groups is 2. The van der Waals surface area contributed by atoms with Crippen LogP contribution in [0, 0.1) is 0 Å². The second kappa shape index (κ2) is 10.8. The summed E-state index contributed by atoms with van der Waals surface area (Å²) in [5.41, 5.74) is -1.80. The molecule has 0 aliphatic carbocycles. The maximum atomic E-state index is 13.9. The van der Waals surface area contributed by atoms with Gasteiger partial charge in [0.25, 0.3) is 0 Å². The van der Waals surface area contributed by atoms with E-state index in [1.54, 1.807) is 0 Å². The molecular weight excluding hydrogens is 504 g/mol. The first kappa shape index (κ1) is 27.9. The lowest BCUT2D eigenvalue weighted by molar-refractivity contribution is -0.140. The average Bonchev–Trinajstić information content (AvgIpc) is 3.18. The van der Waals surface area contributed by atoms with Gasteiger partial charge in [0.15, 0.2) is 5.69 Å². The van der Waals surface area contributed by atoms with Crippen LogP contribution >= 0.6 is 0 Å². The first-order chi connectivity index (χ1) is 17.3. The zero-order valence-corrected chi connectivity index (χ0v) is 19.7. The summed E-state index contributed by atoms with van der Waals surface area (Å²) in [7, 11) is 0. The second-order valence-corrected chi connectivity index (χ2v) is 8.13. The molecule has 2 heterocycles. The molecule has 0 saturated carbocycles. The number of aliphatic imine (C=N–C) groups is 1. The predicted molar refractivity (Wildman–Crippen MR) is 125 cm³/mol. The Bertz CT molecular complexity index is 1330. The van der Waals surface area contributed by atoms with E-state index in [4.69, 9.17) is 4.74 Å². The number of aromatic nitrogens is 2. The fourth-order valence-electron chi connectivity index (χ4n) is 3.65. The number of ether oxygens (including phenoxy) is 1. The molecule has 0 aliphatic heterocycles. The van der Waals surface area contributed by atoms with Gasteiger partial charge >= 0.3 is 12.4 Å². The largest absolute Gasteiger partial charge is 0.462 e. The van der Waals surface area contributed by atoms with Gasteiger partial charge in [-0.05, 0) is 44.2 Å². The normalized spacial score (nSPS) is 13.5. The van der Waals surface area contributed by atoms with Crippen molar-refractivity contribution in [3.63, 3.8) is 0 Å². The molecule has 0 saturated heterocycles. The first-order valence-corrected chi connectivity index (χ1v) is 10.8. The van der Waals surface area contributed by atoms with Crippen LogP contribution in [0.5, 0.6) is 5.75 Å². The quantitative estimate of drug-likeness (QED) is 0.217. The smallest absolute Gasteiger partial charge is 0.434 e. The molecule has 0 fully saturated rings. The van der Waals surface area contributed by atoms with E-state index in [9.17, 15) is 36.6 Å². The third-order valence-corrected chi connectivity index (χ3v) is 5.22. The van der Waals surface area contributed by atoms with Gasteiger partial charge in [0.2, 0.25) is 0 Å². The number of allylic oxidation sites excluding steroid dienone is 3. The molecule has 37 heavy (non-hydrogen) atoms. The highest BCUT2D eigenvalue weighted by molar-refractivity contribution is 6.17. The highest BCUT2D eigenvalue weighted by atomic mass is 19.4. The fourth-order valence-corrected chi connectivity index (χ4v) is 3.65. The van der Waals surface area contributed by atoms with Crippen molar-refractivity contribution in [2.75, 3.05) is 13.2 Å². The van der Waals surface area contributed by atoms with Crippen LogP contribution in [-0.2, 0) is 12.4 Å². The van der Waals surface area contributed by atoms with Crippen molar-refractivity contribution in [2.24, 2.45) is 4.99 Å². The number of halogens is 6. The Balaban J connectivity index is 2.17. The van der Waals surface area contributed by atoms with Crippen molar-refractivity contribution in [3.05, 3.63) is 83.7 Å². The molecule has 0 spiro atoms. The first-order valence-electron chi connectivity index (χ1n) is 10.8. The lowest BCUT2D eigenvalue weighted by Crippen LogP contribution is -2.16. The van der Waals surface area contributed by atoms with E-state index in [0.717, 1.165) is 30.5 Å². The van der Waals surface area contributed by atoms with Gasteiger partial charge in [0, 0.05) is 35.1 Å². The third kappa shape index (κ3) is 6.38. The van der Waals surface area contributed by atoms with Gasteiger partial charge in [-0.15, -0.1) is 0 Å². The standard InChI is InChI=1S/C25H23F6N3O3/c1-14(2)33-20(10-15(3)37-18-6-4-16(5-7-18)24(26,27)28)19-11-34(17(12-35)13-36)21-8-9-32-23(22(19)21)25(29,30)31/h4-11,17,35-36H,1,12-13H2,2-3H3/b15-10+,33-20?. The zero-order chi connectivity index (χ0) is 27.5. The van der Waals surface area contributed by atoms with Gasteiger partial charge in [-0.25, -0.2) is 0 Å². The number of rotatable bonds is 8. The summed E-state index contributed by atoms with van der Waals surface area (Å²) in [5.74, 6) is 0.177. The Morgan fingerprint density at radius 2 is 1.68 bits per heavy atom. The van der Waals surface area contributed by atoms with Crippen molar-refractivity contribution in [1.82, 2.24) is 9.55 Å². The number of alkyl halides is 6. The Morgan fingerprint density at radius 1 is 1.05 bits per heavy atom. The molecule has 0 radical (unpaired) electrons. The Labute approximate surface area is 207 Å². The Hall–Kier alpha value is -3.64. The average molecular weight is 527 g/mol. The molecular formula is C25H23F6N3O3. The molecule has 2 N–H and O–H groups in total. The van der Waals surface area contributed by atoms with E-state index in [1.165, 1.54) is 36.8 Å². The number of benzene rings is 1. The molecule has 0 bridgehead atoms. The predicted octanol–water partition coefficient (Wildman–Crippen LogP) is 5.91. The minimum atomic E-state index is -4.84. The summed E-state index contributed by atoms with van der Waals surface area (Å²) in [4.78, 5) is 7.77. The van der Waals surface area contributed by atoms with E-state index >= 15 is 0 Å². The Morgan fingerprint density at radius 3 is 2.19 bits per heavy atom. The van der Waals surface area contributed by atoms with Crippen molar-refractivity contribution >= 4 is 16.6 Å². The fraction of sp³-hybridized carbons (Fsp3) is 0.280. The van der Waals surface area contributed by atoms with Crippen LogP contribution in [0.4, 0.5) is 26.3 Å². The number of pyridine rings is 1. The van der Waals surface area contributed by atoms with Gasteiger partial charge < -0.3 is 19.5 Å². The van der Waals surface area contributed by atoms with Crippen LogP contribution in [-0.4, -0.2) is 38.7 Å². The molecule has 12 heteroatoms. The number of aliphatic hydroxyl groups excluding tert-OH is 2. The molecule has 1 aromatic carbocycles. The zero-order valence-electron chi connectivity index (χ0n) is 19.7. The summed E-state index contributed by atoms with van der Waals surface area (Å²) < 4.78 is 87.1. The van der Waals surface area contributed by atoms with Gasteiger partial charge in [-0.3, -0.25) is 9.98 Å². The molecule has 3 aromatic rings. The van der Waals surface area contributed by atoms with E-state index in [1.807, 2.05) is 0 Å². The highest BCUT2D eigenvalue weighted by Crippen LogP contribution is 2.37. The molecule has 2 aromatic heterocycles. The van der Waals surface area contributed by atoms with E-state index < -0.39 is 42.9 Å². The van der Waals surface area contributed by atoms with Crippen LogP contribution in [0.3, 0.4) is 0 Å². The second-order valence-electron chi connectivity index (χ2n) is 8.13. The molecule has 6 nitrogen and oxygen atoms in total. The molecule has 0 unspecified atom stereocenters. The van der Waals surface area contributed by atoms with Crippen LogP contribution in [0.1, 0.15) is 36.7 Å². The maximum absolute atomic E-state index is 13.9. The highest BCUT2D eigenvalue weighted by Gasteiger charge is 2.37. The molecule has 0 aliphatic rings. The van der Waals surface area contributed by atoms with Crippen LogP contribution in [0.15, 0.2) is 71.8 Å². The summed E-state index contributed by atoms with van der Waals surface area (Å²) in [6, 6.07) is 4.27. The van der Waals surface area contributed by atoms with Crippen LogP contribution < -0.4 is 4.74 Å². The minimum absolute atomic E-state index is 0.00575. The number of nitrogens with zero attached hydrogens (tertiary/aromatic N) is 3. The minimum Gasteiger partial charge on any atom is -0.462 e. The molecule has 3 rings (SSSR count). The lowest BCUT2D eigenvalue weighted by Gasteiger charge is -2.15. The van der Waals surface area contributed by atoms with Crippen molar-refractivity contribution in [1.29, 1.82) is 0 Å². The monoisotopic (exact) mass is 527 g/mol. The molecule has 198 valence electrons. The van der Waals surface area contributed by atoms with Crippen molar-refractivity contribution < 1.29 is 41.3 Å². The maximum Gasteiger partial charge on any atom is 0.434 e. The topological polar surface area (TPSA) is 79.9 Å². The number of fused-ring (bicyclic) bond motifs is 1. The summed E-state index contributed by atoms with van der Waals surface area (Å²) in [5, 5.41) is 19.0. The SMILES string of the molecule is C=C(C)N=C(/C=C(\C)Oc1ccc(C(F)(F)F)cc1)c1cn(C(CO)CO)c2ccnc(C(F)(F)F)c12. The summed E-state index contributed by atoms with van der Waals surface area (Å²) >= 11 is 0. The summed E-state index contributed by atoms with van der Waals surface area (Å²) in [6.07, 6.45) is -5.77. The number of hydrogen-bond donors (Lipinski definition) is 2. The van der Waals surface area contributed by atoms with E-state index in [0.29, 0.717) is 0 Å². The van der Waals surface area contributed by atoms with Gasteiger partial charge in [0.05, 0.1) is 36.0 Å². The van der Waals surface area contributed by atoms with Gasteiger partial charge in [0.1, 0.15) is 11.5 Å². The number of hydrogen-bond acceptors (Lipinski definition) is 5. The lowest BCUT2D eigenvalue weighted by atomic mass is 10.1. The van der Waals surface area contributed by atoms with Crippen molar-refractivity contribution in [2.45, 2.75) is 32.2 Å². The summed E-state index contributed by atoms with van der Waals surface area (Å²) in [6.45, 7) is 5.55. The third-order valence-electron chi connectivity index (χ3n) is 5.22. The Kier molecular flexibility index (Phi) is 8.13. The van der Waals surface area contributed by atoms with Gasteiger partial charge in [-0.1, -0.05) is 6.58 Å². The van der Waals surface area contributed by atoms with E-state index in [2.05, 4.69) is 16.6 Å².